The average molecular weight is 366 g/mol. The maximum atomic E-state index is 9.68. The van der Waals surface area contributed by atoms with Gasteiger partial charge in [-0.1, -0.05) is 30.3 Å². The van der Waals surface area contributed by atoms with E-state index in [2.05, 4.69) is 31.8 Å². The molecule has 2 aromatic heterocycles. The Bertz CT molecular complexity index is 862. The first-order chi connectivity index (χ1) is 13.1. The number of hydrogen-bond donors (Lipinski definition) is 4. The Kier molecular flexibility index (Phi) is 6.18. The van der Waals surface area contributed by atoms with Crippen molar-refractivity contribution >= 4 is 5.95 Å². The molecule has 0 saturated carbocycles. The number of nitrogens with one attached hydrogen (secondary N) is 3. The van der Waals surface area contributed by atoms with Crippen LogP contribution in [0.5, 0.6) is 0 Å². The van der Waals surface area contributed by atoms with Crippen molar-refractivity contribution in [2.24, 2.45) is 0 Å². The molecule has 0 bridgehead atoms. The van der Waals surface area contributed by atoms with Crippen molar-refractivity contribution in [3.63, 3.8) is 0 Å². The highest BCUT2D eigenvalue weighted by molar-refractivity contribution is 5.63. The van der Waals surface area contributed by atoms with E-state index in [0.717, 1.165) is 28.1 Å². The summed E-state index contributed by atoms with van der Waals surface area (Å²) in [5, 5.41) is 14.9. The molecule has 0 aliphatic rings. The van der Waals surface area contributed by atoms with E-state index < -0.39 is 0 Å². The molecule has 3 rings (SSSR count). The molecule has 0 unspecified atom stereocenters. The maximum Gasteiger partial charge on any atom is 0.238 e. The average Bonchev–Trinajstić information content (AvgIpc) is 3.13. The number of anilines is 1. The van der Waals surface area contributed by atoms with Gasteiger partial charge in [0, 0.05) is 44.3 Å². The van der Waals surface area contributed by atoms with Gasteiger partial charge in [0.15, 0.2) is 0 Å². The summed E-state index contributed by atoms with van der Waals surface area (Å²) in [5.74, 6) is 0.561. The second-order valence-corrected chi connectivity index (χ2v) is 6.67. The van der Waals surface area contributed by atoms with Gasteiger partial charge in [-0.15, -0.1) is 0 Å². The summed E-state index contributed by atoms with van der Waals surface area (Å²) in [5.41, 5.74) is 8.08. The zero-order valence-corrected chi connectivity index (χ0v) is 15.9. The van der Waals surface area contributed by atoms with Crippen LogP contribution in [0.3, 0.4) is 0 Å². The van der Waals surface area contributed by atoms with Gasteiger partial charge in [0.25, 0.3) is 0 Å². The number of aromatic amines is 1. The molecule has 0 amide bonds. The third kappa shape index (κ3) is 4.91. The van der Waals surface area contributed by atoms with Crippen LogP contribution in [0.4, 0.5) is 5.95 Å². The molecule has 142 valence electrons. The number of hydrogen-bond acceptors (Lipinski definition) is 6. The summed E-state index contributed by atoms with van der Waals surface area (Å²) in [7, 11) is 3.79. The van der Waals surface area contributed by atoms with Gasteiger partial charge >= 0.3 is 0 Å². The standard InChI is InChI=1S/C20H26N6O/c1-14-10-23-20(25-26(2)3)24-19(14)16-9-17(21-11-16)12-22-18(13-27)15-7-5-4-6-8-15/h4-11,18,21-22,27H,12-13H2,1-3H3,(H,23,24,25)/t18-/m1/s1. The fraction of sp³-hybridized carbons (Fsp3) is 0.300. The van der Waals surface area contributed by atoms with Crippen LogP contribution in [0, 0.1) is 6.92 Å². The molecule has 0 aliphatic heterocycles. The molecule has 2 heterocycles. The number of H-pyrrole nitrogens is 1. The van der Waals surface area contributed by atoms with E-state index in [9.17, 15) is 5.11 Å². The molecular weight excluding hydrogens is 340 g/mol. The Labute approximate surface area is 159 Å². The van der Waals surface area contributed by atoms with Gasteiger partial charge in [0.2, 0.25) is 5.95 Å². The molecule has 0 aliphatic carbocycles. The predicted octanol–water partition coefficient (Wildman–Crippen LogP) is 2.49. The van der Waals surface area contributed by atoms with Crippen LogP contribution in [-0.4, -0.2) is 45.8 Å². The highest BCUT2D eigenvalue weighted by Crippen LogP contribution is 2.23. The molecule has 7 heteroatoms. The number of aryl methyl sites for hydroxylation is 1. The normalized spacial score (nSPS) is 12.3. The van der Waals surface area contributed by atoms with E-state index in [0.29, 0.717) is 12.5 Å². The molecule has 0 spiro atoms. The van der Waals surface area contributed by atoms with Crippen LogP contribution in [0.25, 0.3) is 11.3 Å². The molecule has 1 aromatic carbocycles. The predicted molar refractivity (Wildman–Crippen MR) is 107 cm³/mol. The quantitative estimate of drug-likeness (QED) is 0.458. The Hall–Kier alpha value is -2.74. The second kappa shape index (κ2) is 8.77. The highest BCUT2D eigenvalue weighted by Gasteiger charge is 2.12. The van der Waals surface area contributed by atoms with Gasteiger partial charge in [-0.2, -0.15) is 0 Å². The van der Waals surface area contributed by atoms with E-state index in [1.165, 1.54) is 0 Å². The monoisotopic (exact) mass is 366 g/mol. The molecular formula is C20H26N6O. The largest absolute Gasteiger partial charge is 0.394 e. The lowest BCUT2D eigenvalue weighted by atomic mass is 10.1. The third-order valence-corrected chi connectivity index (χ3v) is 4.23. The summed E-state index contributed by atoms with van der Waals surface area (Å²) in [6, 6.07) is 11.9. The van der Waals surface area contributed by atoms with E-state index in [1.807, 2.05) is 63.7 Å². The summed E-state index contributed by atoms with van der Waals surface area (Å²) < 4.78 is 0. The number of nitrogens with zero attached hydrogens (tertiary/aromatic N) is 3. The number of benzene rings is 1. The van der Waals surface area contributed by atoms with Crippen LogP contribution >= 0.6 is 0 Å². The lowest BCUT2D eigenvalue weighted by Crippen LogP contribution is -2.24. The zero-order chi connectivity index (χ0) is 19.2. The van der Waals surface area contributed by atoms with E-state index in [4.69, 9.17) is 0 Å². The Morgan fingerprint density at radius 1 is 1.22 bits per heavy atom. The van der Waals surface area contributed by atoms with Gasteiger partial charge < -0.3 is 15.4 Å². The first kappa shape index (κ1) is 19.0. The Morgan fingerprint density at radius 2 is 2.00 bits per heavy atom. The summed E-state index contributed by atoms with van der Waals surface area (Å²) in [6.45, 7) is 2.66. The summed E-state index contributed by atoms with van der Waals surface area (Å²) >= 11 is 0. The van der Waals surface area contributed by atoms with Crippen molar-refractivity contribution in [2.75, 3.05) is 26.1 Å². The van der Waals surface area contributed by atoms with Crippen molar-refractivity contribution in [1.82, 2.24) is 25.3 Å². The van der Waals surface area contributed by atoms with Crippen molar-refractivity contribution in [3.05, 3.63) is 65.6 Å². The van der Waals surface area contributed by atoms with Gasteiger partial charge in [0.05, 0.1) is 18.3 Å². The topological polar surface area (TPSA) is 89.1 Å². The smallest absolute Gasteiger partial charge is 0.238 e. The number of aliphatic hydroxyl groups excluding tert-OH is 1. The van der Waals surface area contributed by atoms with Crippen LogP contribution in [0.2, 0.25) is 0 Å². The Balaban J connectivity index is 1.71. The number of aromatic nitrogens is 3. The zero-order valence-electron chi connectivity index (χ0n) is 15.9. The molecule has 0 fully saturated rings. The van der Waals surface area contributed by atoms with Gasteiger partial charge in [-0.05, 0) is 24.1 Å². The molecule has 3 aromatic rings. The minimum atomic E-state index is -0.102. The van der Waals surface area contributed by atoms with E-state index in [-0.39, 0.29) is 12.6 Å². The third-order valence-electron chi connectivity index (χ3n) is 4.23. The van der Waals surface area contributed by atoms with Crippen molar-refractivity contribution < 1.29 is 5.11 Å². The lowest BCUT2D eigenvalue weighted by molar-refractivity contribution is 0.243. The minimum Gasteiger partial charge on any atom is -0.394 e. The van der Waals surface area contributed by atoms with Crippen LogP contribution < -0.4 is 10.7 Å². The lowest BCUT2D eigenvalue weighted by Gasteiger charge is -2.16. The number of aliphatic hydroxyl groups is 1. The number of hydrazine groups is 1. The van der Waals surface area contributed by atoms with Gasteiger partial charge in [0.1, 0.15) is 0 Å². The second-order valence-electron chi connectivity index (χ2n) is 6.67. The van der Waals surface area contributed by atoms with Crippen LogP contribution in [-0.2, 0) is 6.54 Å². The Morgan fingerprint density at radius 3 is 2.70 bits per heavy atom. The first-order valence-corrected chi connectivity index (χ1v) is 8.91. The molecule has 0 radical (unpaired) electrons. The SMILES string of the molecule is Cc1cnc(NN(C)C)nc1-c1c[nH]c(CN[C@H](CO)c2ccccc2)c1. The first-order valence-electron chi connectivity index (χ1n) is 8.91. The molecule has 7 nitrogen and oxygen atoms in total. The summed E-state index contributed by atoms with van der Waals surface area (Å²) in [4.78, 5) is 12.2. The maximum absolute atomic E-state index is 9.68. The molecule has 4 N–H and O–H groups in total. The fourth-order valence-electron chi connectivity index (χ4n) is 2.87. The molecule has 1 atom stereocenters. The molecule has 27 heavy (non-hydrogen) atoms. The fourth-order valence-corrected chi connectivity index (χ4v) is 2.87. The van der Waals surface area contributed by atoms with Crippen molar-refractivity contribution in [1.29, 1.82) is 0 Å². The van der Waals surface area contributed by atoms with Crippen molar-refractivity contribution in [3.8, 4) is 11.3 Å². The highest BCUT2D eigenvalue weighted by atomic mass is 16.3. The number of rotatable bonds is 8. The summed E-state index contributed by atoms with van der Waals surface area (Å²) in [6.07, 6.45) is 3.76. The van der Waals surface area contributed by atoms with E-state index >= 15 is 0 Å². The van der Waals surface area contributed by atoms with Gasteiger partial charge in [-0.3, -0.25) is 5.43 Å². The van der Waals surface area contributed by atoms with E-state index in [1.54, 1.807) is 5.01 Å². The van der Waals surface area contributed by atoms with Crippen molar-refractivity contribution in [2.45, 2.75) is 19.5 Å². The van der Waals surface area contributed by atoms with Gasteiger partial charge in [-0.25, -0.2) is 15.0 Å². The van der Waals surface area contributed by atoms with Crippen LogP contribution in [0.15, 0.2) is 48.8 Å². The molecule has 0 saturated heterocycles. The van der Waals surface area contributed by atoms with Crippen LogP contribution in [0.1, 0.15) is 22.9 Å². The minimum absolute atomic E-state index is 0.0438.